The lowest BCUT2D eigenvalue weighted by molar-refractivity contribution is -0.137. The first-order chi connectivity index (χ1) is 15.3. The average Bonchev–Trinajstić information content (AvgIpc) is 3.13. The van der Waals surface area contributed by atoms with Crippen LogP contribution in [0.3, 0.4) is 0 Å². The largest absolute Gasteiger partial charge is 0.342 e. The van der Waals surface area contributed by atoms with E-state index in [0.29, 0.717) is 18.9 Å². The first kappa shape index (κ1) is 23.2. The summed E-state index contributed by atoms with van der Waals surface area (Å²) in [6.45, 7) is 5.69. The molecule has 176 valence electrons. The second-order valence-electron chi connectivity index (χ2n) is 9.69. The topological polar surface area (TPSA) is 86.8 Å². The molecule has 0 bridgehead atoms. The smallest absolute Gasteiger partial charge is 0.240 e. The third-order valence-electron chi connectivity index (χ3n) is 7.34. The molecule has 32 heavy (non-hydrogen) atoms. The van der Waals surface area contributed by atoms with E-state index < -0.39 is 10.0 Å². The van der Waals surface area contributed by atoms with Gasteiger partial charge in [-0.2, -0.15) is 0 Å². The van der Waals surface area contributed by atoms with Gasteiger partial charge in [0, 0.05) is 44.2 Å². The molecule has 1 saturated carbocycles. The monoisotopic (exact) mass is 461 g/mol. The maximum absolute atomic E-state index is 12.9. The molecule has 2 amide bonds. The van der Waals surface area contributed by atoms with Gasteiger partial charge in [0.15, 0.2) is 0 Å². The molecule has 1 aromatic carbocycles. The summed E-state index contributed by atoms with van der Waals surface area (Å²) >= 11 is 0. The highest BCUT2D eigenvalue weighted by molar-refractivity contribution is 7.89. The number of carbonyl (C=O) groups is 2. The summed E-state index contributed by atoms with van der Waals surface area (Å²) < 4.78 is 28.6. The van der Waals surface area contributed by atoms with E-state index in [4.69, 9.17) is 0 Å². The fourth-order valence-electron chi connectivity index (χ4n) is 5.55. The third kappa shape index (κ3) is 4.86. The zero-order valence-electron chi connectivity index (χ0n) is 19.2. The Morgan fingerprint density at radius 1 is 1.06 bits per heavy atom. The normalized spacial score (nSPS) is 26.1. The van der Waals surface area contributed by atoms with Crippen LogP contribution in [-0.4, -0.2) is 50.8 Å². The van der Waals surface area contributed by atoms with Crippen LogP contribution in [0.1, 0.15) is 64.4 Å². The Balaban J connectivity index is 1.31. The lowest BCUT2D eigenvalue weighted by atomic mass is 9.81. The number of hydrogen-bond acceptors (Lipinski definition) is 4. The number of sulfonamides is 1. The number of benzene rings is 1. The van der Waals surface area contributed by atoms with E-state index in [9.17, 15) is 18.0 Å². The van der Waals surface area contributed by atoms with Gasteiger partial charge in [0.1, 0.15) is 0 Å². The molecule has 1 aromatic rings. The molecule has 1 atom stereocenters. The number of likely N-dealkylation sites (tertiary alicyclic amines) is 1. The van der Waals surface area contributed by atoms with E-state index in [1.54, 1.807) is 23.1 Å². The van der Waals surface area contributed by atoms with E-state index in [1.165, 1.54) is 13.3 Å². The Hall–Kier alpha value is -1.93. The van der Waals surface area contributed by atoms with Crippen LogP contribution in [0.5, 0.6) is 0 Å². The van der Waals surface area contributed by atoms with Crippen LogP contribution in [0.25, 0.3) is 0 Å². The predicted molar refractivity (Wildman–Crippen MR) is 124 cm³/mol. The number of piperidine rings is 1. The first-order valence-electron chi connectivity index (χ1n) is 12.0. The van der Waals surface area contributed by atoms with Gasteiger partial charge in [0.2, 0.25) is 21.8 Å². The zero-order valence-corrected chi connectivity index (χ0v) is 20.0. The number of hydrogen-bond donors (Lipinski definition) is 1. The quantitative estimate of drug-likeness (QED) is 0.730. The summed E-state index contributed by atoms with van der Waals surface area (Å²) in [4.78, 5) is 28.6. The second kappa shape index (κ2) is 9.51. The van der Waals surface area contributed by atoms with Crippen LogP contribution < -0.4 is 9.62 Å². The van der Waals surface area contributed by atoms with Crippen molar-refractivity contribution in [2.24, 2.45) is 11.8 Å². The maximum atomic E-state index is 12.9. The van der Waals surface area contributed by atoms with Crippen LogP contribution in [0.4, 0.5) is 5.69 Å². The van der Waals surface area contributed by atoms with Crippen LogP contribution in [-0.2, 0) is 26.0 Å². The summed E-state index contributed by atoms with van der Waals surface area (Å²) in [5, 5.41) is 0. The molecule has 1 saturated heterocycles. The second-order valence-corrected chi connectivity index (χ2v) is 11.5. The van der Waals surface area contributed by atoms with Crippen molar-refractivity contribution < 1.29 is 18.0 Å². The molecule has 0 radical (unpaired) electrons. The van der Waals surface area contributed by atoms with Crippen LogP contribution in [0.15, 0.2) is 23.1 Å². The summed E-state index contributed by atoms with van der Waals surface area (Å²) in [6.07, 6.45) is 7.54. The van der Waals surface area contributed by atoms with E-state index >= 15 is 0 Å². The van der Waals surface area contributed by atoms with Crippen LogP contribution >= 0.6 is 0 Å². The van der Waals surface area contributed by atoms with Crippen LogP contribution in [0.2, 0.25) is 0 Å². The third-order valence-corrected chi connectivity index (χ3v) is 8.76. The summed E-state index contributed by atoms with van der Waals surface area (Å²) in [6, 6.07) is 5.07. The van der Waals surface area contributed by atoms with Crippen molar-refractivity contribution in [1.29, 1.82) is 0 Å². The van der Waals surface area contributed by atoms with Gasteiger partial charge in [0.25, 0.3) is 0 Å². The molecule has 2 heterocycles. The fourth-order valence-corrected chi connectivity index (χ4v) is 6.72. The van der Waals surface area contributed by atoms with Crippen molar-refractivity contribution in [1.82, 2.24) is 9.62 Å². The summed E-state index contributed by atoms with van der Waals surface area (Å²) in [5.74, 6) is 0.636. The lowest BCUT2D eigenvalue weighted by Gasteiger charge is -2.34. The number of fused-ring (bicyclic) bond motifs is 1. The van der Waals surface area contributed by atoms with Gasteiger partial charge in [-0.15, -0.1) is 0 Å². The van der Waals surface area contributed by atoms with Gasteiger partial charge >= 0.3 is 0 Å². The Labute approximate surface area is 191 Å². The van der Waals surface area contributed by atoms with Crippen LogP contribution in [0, 0.1) is 11.8 Å². The molecule has 0 spiro atoms. The minimum absolute atomic E-state index is 0.0284. The lowest BCUT2D eigenvalue weighted by Crippen LogP contribution is -2.41. The molecule has 3 aliphatic rings. The Morgan fingerprint density at radius 3 is 2.41 bits per heavy atom. The highest BCUT2D eigenvalue weighted by Gasteiger charge is 2.32. The molecular formula is C24H35N3O4S. The minimum atomic E-state index is -3.61. The van der Waals surface area contributed by atoms with Crippen molar-refractivity contribution in [2.45, 2.75) is 76.2 Å². The van der Waals surface area contributed by atoms with Crippen molar-refractivity contribution in [3.8, 4) is 0 Å². The van der Waals surface area contributed by atoms with Gasteiger partial charge in [-0.25, -0.2) is 13.1 Å². The number of nitrogens with one attached hydrogen (secondary N) is 1. The molecule has 0 aromatic heterocycles. The van der Waals surface area contributed by atoms with Gasteiger partial charge < -0.3 is 9.80 Å². The van der Waals surface area contributed by atoms with E-state index in [1.807, 2.05) is 11.8 Å². The average molecular weight is 462 g/mol. The molecular weight excluding hydrogens is 426 g/mol. The first-order valence-corrected chi connectivity index (χ1v) is 13.5. The molecule has 1 aliphatic carbocycles. The van der Waals surface area contributed by atoms with Gasteiger partial charge in [-0.3, -0.25) is 9.59 Å². The molecule has 7 nitrogen and oxygen atoms in total. The number of amides is 2. The van der Waals surface area contributed by atoms with Crippen molar-refractivity contribution in [3.63, 3.8) is 0 Å². The van der Waals surface area contributed by atoms with Gasteiger partial charge in [-0.1, -0.05) is 0 Å². The Kier molecular flexibility index (Phi) is 6.91. The number of nitrogens with zero attached hydrogens (tertiary/aromatic N) is 2. The zero-order chi connectivity index (χ0) is 22.9. The summed E-state index contributed by atoms with van der Waals surface area (Å²) in [5.41, 5.74) is 1.70. The molecule has 8 heteroatoms. The van der Waals surface area contributed by atoms with E-state index in [2.05, 4.69) is 4.72 Å². The Bertz CT molecular complexity index is 963. The standard InChI is InChI=1S/C24H35N3O4S/c1-17-14-21-15-22(10-11-23(21)27(17)18(2)28)32(30,31)25-16-19-6-8-20(9-7-19)24(29)26-12-4-3-5-13-26/h10-11,15,17,19-20,25H,3-9,12-14,16H2,1-2H3/t17-,19?,20?/m0/s1. The minimum Gasteiger partial charge on any atom is -0.342 e. The van der Waals surface area contributed by atoms with E-state index in [-0.39, 0.29) is 28.7 Å². The maximum Gasteiger partial charge on any atom is 0.240 e. The fraction of sp³-hybridized carbons (Fsp3) is 0.667. The highest BCUT2D eigenvalue weighted by atomic mass is 32.2. The van der Waals surface area contributed by atoms with Crippen molar-refractivity contribution in [3.05, 3.63) is 23.8 Å². The van der Waals surface area contributed by atoms with Crippen molar-refractivity contribution in [2.75, 3.05) is 24.5 Å². The Morgan fingerprint density at radius 2 is 1.75 bits per heavy atom. The predicted octanol–water partition coefficient (Wildman–Crippen LogP) is 3.08. The molecule has 2 aliphatic heterocycles. The molecule has 0 unspecified atom stereocenters. The van der Waals surface area contributed by atoms with E-state index in [0.717, 1.165) is 62.9 Å². The highest BCUT2D eigenvalue weighted by Crippen LogP contribution is 2.34. The molecule has 4 rings (SSSR count). The number of anilines is 1. The van der Waals surface area contributed by atoms with Crippen molar-refractivity contribution >= 4 is 27.5 Å². The molecule has 2 fully saturated rings. The van der Waals surface area contributed by atoms with Gasteiger partial charge in [-0.05, 0) is 88.0 Å². The number of carbonyl (C=O) groups excluding carboxylic acids is 2. The SMILES string of the molecule is CC(=O)N1c2ccc(S(=O)(=O)NCC3CCC(C(=O)N4CCCCC4)CC3)cc2C[C@@H]1C. The summed E-state index contributed by atoms with van der Waals surface area (Å²) in [7, 11) is -3.61. The van der Waals surface area contributed by atoms with Gasteiger partial charge in [0.05, 0.1) is 4.90 Å². The molecule has 1 N–H and O–H groups in total. The number of rotatable bonds is 5.